The molecule has 6 aliphatic rings. The van der Waals surface area contributed by atoms with Crippen molar-refractivity contribution >= 4 is 23.7 Å². The maximum absolute atomic E-state index is 13.5. The lowest BCUT2D eigenvalue weighted by molar-refractivity contribution is -0.349. The van der Waals surface area contributed by atoms with Crippen LogP contribution >= 0.6 is 0 Å². The molecule has 1 spiro atoms. The highest BCUT2D eigenvalue weighted by atomic mass is 16.8. The van der Waals surface area contributed by atoms with Gasteiger partial charge in [0.05, 0.1) is 5.41 Å². The summed E-state index contributed by atoms with van der Waals surface area (Å²) in [4.78, 5) is 51.5. The molecule has 3 fully saturated rings. The van der Waals surface area contributed by atoms with Gasteiger partial charge >= 0.3 is 17.9 Å². The summed E-state index contributed by atoms with van der Waals surface area (Å²) in [7, 11) is 0. The zero-order valence-electron chi connectivity index (χ0n) is 24.7. The molecule has 0 aromatic rings. The molecule has 0 saturated carbocycles. The van der Waals surface area contributed by atoms with Crippen LogP contribution in [0.4, 0.5) is 0 Å². The molecule has 2 aliphatic carbocycles. The fourth-order valence-corrected chi connectivity index (χ4v) is 8.93. The fourth-order valence-electron chi connectivity index (χ4n) is 8.93. The van der Waals surface area contributed by atoms with E-state index in [2.05, 4.69) is 6.08 Å². The summed E-state index contributed by atoms with van der Waals surface area (Å²) in [6.07, 6.45) is 7.68. The Bertz CT molecular complexity index is 1310. The van der Waals surface area contributed by atoms with Crippen molar-refractivity contribution < 1.29 is 42.9 Å². The zero-order chi connectivity index (χ0) is 29.5. The number of cyclic esters (lactones) is 1. The number of carbonyl (C=O) groups is 4. The van der Waals surface area contributed by atoms with Gasteiger partial charge in [-0.1, -0.05) is 23.3 Å². The van der Waals surface area contributed by atoms with Crippen LogP contribution in [0.1, 0.15) is 86.5 Å². The predicted octanol–water partition coefficient (Wildman–Crippen LogP) is 4.63. The first-order valence-electron chi connectivity index (χ1n) is 14.8. The van der Waals surface area contributed by atoms with Gasteiger partial charge in [-0.3, -0.25) is 14.4 Å². The zero-order valence-corrected chi connectivity index (χ0v) is 24.7. The Hall–Kier alpha value is -2.78. The van der Waals surface area contributed by atoms with E-state index >= 15 is 0 Å². The lowest BCUT2D eigenvalue weighted by atomic mass is 9.55. The number of hydrogen-bond acceptors (Lipinski definition) is 9. The van der Waals surface area contributed by atoms with E-state index < -0.39 is 46.7 Å². The second-order valence-electron chi connectivity index (χ2n) is 13.2. The van der Waals surface area contributed by atoms with Crippen LogP contribution in [0.5, 0.6) is 0 Å². The first-order chi connectivity index (χ1) is 19.3. The second kappa shape index (κ2) is 9.36. The van der Waals surface area contributed by atoms with Crippen molar-refractivity contribution in [1.29, 1.82) is 0 Å². The van der Waals surface area contributed by atoms with E-state index in [-0.39, 0.29) is 29.5 Å². The average Bonchev–Trinajstić information content (AvgIpc) is 3.06. The van der Waals surface area contributed by atoms with Gasteiger partial charge in [0.2, 0.25) is 12.1 Å². The normalized spacial score (nSPS) is 45.0. The Labute approximate surface area is 240 Å². The Balaban J connectivity index is 1.47. The Morgan fingerprint density at radius 1 is 1.02 bits per heavy atom. The van der Waals surface area contributed by atoms with Gasteiger partial charge in [-0.2, -0.15) is 0 Å². The van der Waals surface area contributed by atoms with E-state index in [0.29, 0.717) is 50.5 Å². The van der Waals surface area contributed by atoms with Crippen molar-refractivity contribution in [2.75, 3.05) is 0 Å². The third-order valence-electron chi connectivity index (χ3n) is 11.1. The van der Waals surface area contributed by atoms with Crippen LogP contribution in [0, 0.1) is 23.2 Å². The molecule has 0 N–H and O–H groups in total. The molecule has 2 bridgehead atoms. The highest BCUT2D eigenvalue weighted by molar-refractivity contribution is 5.98. The SMILES string of the molecule is CC(=O)O[C@H]1O[C@@](C)([C@H]2CC(C)=C(C)C(=O)O2)[C@H]2CC[C@@]3(OC(C)=O)O[C@@]12CC[C@H]1[C@H]3CC=C2CC=CC(=O)[C@@]21C. The highest BCUT2D eigenvalue weighted by Gasteiger charge is 2.74. The van der Waals surface area contributed by atoms with Crippen molar-refractivity contribution in [3.05, 3.63) is 34.9 Å². The molecule has 0 radical (unpaired) electrons. The Kier molecular flexibility index (Phi) is 6.47. The first-order valence-corrected chi connectivity index (χ1v) is 14.8. The molecule has 6 rings (SSSR count). The molecule has 9 nitrogen and oxygen atoms in total. The minimum absolute atomic E-state index is 0.0453. The van der Waals surface area contributed by atoms with Gasteiger partial charge in [0.15, 0.2) is 5.78 Å². The molecule has 4 aliphatic heterocycles. The van der Waals surface area contributed by atoms with E-state index in [9.17, 15) is 19.2 Å². The number of hydrogen-bond donors (Lipinski definition) is 0. The minimum Gasteiger partial charge on any atom is -0.456 e. The Morgan fingerprint density at radius 3 is 2.46 bits per heavy atom. The molecular formula is C32H40O9. The summed E-state index contributed by atoms with van der Waals surface area (Å²) in [5.74, 6) is -3.46. The number of fused-ring (bicyclic) bond motifs is 5. The lowest BCUT2D eigenvalue weighted by Gasteiger charge is -2.54. The third kappa shape index (κ3) is 3.94. The molecule has 4 heterocycles. The standard InChI is InChI=1S/C32H40O9/c1-17-16-26(38-27(36)18(17)2)30(6)24-13-15-32(39-20(4)34)23-11-10-21-8-7-9-25(35)29(21,5)22(23)12-14-31(24,41-32)28(40-30)37-19(3)33/h7,9-10,22-24,26,28H,8,11-16H2,1-6H3/t22-,23+,24+,26+,28-,29-,30+,31+,32+/m0/s1. The quantitative estimate of drug-likeness (QED) is 0.273. The van der Waals surface area contributed by atoms with Crippen molar-refractivity contribution in [3.8, 4) is 0 Å². The first kappa shape index (κ1) is 28.3. The third-order valence-corrected chi connectivity index (χ3v) is 11.1. The van der Waals surface area contributed by atoms with Crippen LogP contribution in [-0.2, 0) is 42.9 Å². The summed E-state index contributed by atoms with van der Waals surface area (Å²) in [5, 5.41) is 0. The molecule has 0 unspecified atom stereocenters. The van der Waals surface area contributed by atoms with Gasteiger partial charge in [0, 0.05) is 44.1 Å². The highest BCUT2D eigenvalue weighted by Crippen LogP contribution is 2.66. The van der Waals surface area contributed by atoms with Crippen LogP contribution in [-0.4, -0.2) is 53.1 Å². The summed E-state index contributed by atoms with van der Waals surface area (Å²) >= 11 is 0. The van der Waals surface area contributed by atoms with Gasteiger partial charge in [0.25, 0.3) is 0 Å². The van der Waals surface area contributed by atoms with Crippen LogP contribution in [0.15, 0.2) is 34.9 Å². The van der Waals surface area contributed by atoms with E-state index in [0.717, 1.165) is 11.1 Å². The Morgan fingerprint density at radius 2 is 1.78 bits per heavy atom. The van der Waals surface area contributed by atoms with Gasteiger partial charge in [-0.25, -0.2) is 4.79 Å². The van der Waals surface area contributed by atoms with E-state index in [1.165, 1.54) is 13.8 Å². The summed E-state index contributed by atoms with van der Waals surface area (Å²) < 4.78 is 31.7. The molecule has 3 saturated heterocycles. The molecule has 9 heteroatoms. The van der Waals surface area contributed by atoms with Crippen LogP contribution < -0.4 is 0 Å². The van der Waals surface area contributed by atoms with Gasteiger partial charge < -0.3 is 23.7 Å². The maximum Gasteiger partial charge on any atom is 0.334 e. The number of allylic oxidation sites excluding steroid dienone is 4. The number of esters is 3. The monoisotopic (exact) mass is 568 g/mol. The smallest absolute Gasteiger partial charge is 0.334 e. The molecule has 41 heavy (non-hydrogen) atoms. The molecule has 9 atom stereocenters. The molecular weight excluding hydrogens is 528 g/mol. The van der Waals surface area contributed by atoms with Crippen molar-refractivity contribution in [2.24, 2.45) is 23.2 Å². The largest absolute Gasteiger partial charge is 0.456 e. The van der Waals surface area contributed by atoms with Crippen molar-refractivity contribution in [1.82, 2.24) is 0 Å². The van der Waals surface area contributed by atoms with Crippen molar-refractivity contribution in [3.63, 3.8) is 0 Å². The van der Waals surface area contributed by atoms with E-state index in [4.69, 9.17) is 23.7 Å². The maximum atomic E-state index is 13.5. The van der Waals surface area contributed by atoms with Crippen LogP contribution in [0.25, 0.3) is 0 Å². The van der Waals surface area contributed by atoms with Gasteiger partial charge in [-0.05, 0) is 71.8 Å². The molecule has 222 valence electrons. The van der Waals surface area contributed by atoms with Gasteiger partial charge in [0.1, 0.15) is 17.3 Å². The topological polar surface area (TPSA) is 114 Å². The fraction of sp³-hybridized carbons (Fsp3) is 0.688. The second-order valence-corrected chi connectivity index (χ2v) is 13.2. The summed E-state index contributed by atoms with van der Waals surface area (Å²) in [6.45, 7) is 10.3. The summed E-state index contributed by atoms with van der Waals surface area (Å²) in [5.41, 5.74) is -0.363. The van der Waals surface area contributed by atoms with Crippen LogP contribution in [0.3, 0.4) is 0 Å². The predicted molar refractivity (Wildman–Crippen MR) is 145 cm³/mol. The molecule has 0 aromatic heterocycles. The van der Waals surface area contributed by atoms with E-state index in [1.807, 2.05) is 26.8 Å². The number of ketones is 1. The molecule has 0 amide bonds. The average molecular weight is 569 g/mol. The summed E-state index contributed by atoms with van der Waals surface area (Å²) in [6, 6.07) is 0. The van der Waals surface area contributed by atoms with Crippen LogP contribution in [0.2, 0.25) is 0 Å². The lowest BCUT2D eigenvalue weighted by Crippen LogP contribution is -2.63. The number of ether oxygens (including phenoxy) is 5. The van der Waals surface area contributed by atoms with E-state index in [1.54, 1.807) is 13.0 Å². The minimum atomic E-state index is -1.33. The number of rotatable bonds is 3. The van der Waals surface area contributed by atoms with Gasteiger partial charge in [-0.15, -0.1) is 0 Å². The van der Waals surface area contributed by atoms with Crippen molar-refractivity contribution in [2.45, 2.75) is 116 Å². The number of carbonyl (C=O) groups excluding carboxylic acids is 4. The molecule has 0 aromatic carbocycles.